The van der Waals surface area contributed by atoms with Crippen LogP contribution in [0.1, 0.15) is 16.4 Å². The van der Waals surface area contributed by atoms with Crippen LogP contribution in [0.4, 0.5) is 0 Å². The van der Waals surface area contributed by atoms with Gasteiger partial charge >= 0.3 is 0 Å². The lowest BCUT2D eigenvalue weighted by molar-refractivity contribution is -0.120. The molecule has 0 saturated heterocycles. The highest BCUT2D eigenvalue weighted by molar-refractivity contribution is 7.91. The highest BCUT2D eigenvalue weighted by Gasteiger charge is 2.29. The zero-order chi connectivity index (χ0) is 20.0. The second kappa shape index (κ2) is 8.99. The Morgan fingerprint density at radius 3 is 2.36 bits per heavy atom. The Labute approximate surface area is 169 Å². The number of aromatic nitrogens is 1. The predicted octanol–water partition coefficient (Wildman–Crippen LogP) is 3.61. The Hall–Kier alpha value is -2.70. The lowest BCUT2D eigenvalue weighted by atomic mass is 10.1. The van der Waals surface area contributed by atoms with Crippen LogP contribution in [0.5, 0.6) is 0 Å². The van der Waals surface area contributed by atoms with Crippen molar-refractivity contribution in [3.8, 4) is 0 Å². The van der Waals surface area contributed by atoms with Crippen molar-refractivity contribution in [1.82, 2.24) is 10.3 Å². The van der Waals surface area contributed by atoms with Gasteiger partial charge in [-0.25, -0.2) is 8.42 Å². The lowest BCUT2D eigenvalue weighted by Crippen LogP contribution is -2.33. The summed E-state index contributed by atoms with van der Waals surface area (Å²) in [5.41, 5.74) is 1.32. The molecular weight excluding hydrogens is 396 g/mol. The molecule has 0 radical (unpaired) electrons. The lowest BCUT2D eigenvalue weighted by Gasteiger charge is -2.19. The number of nitrogens with zero attached hydrogens (tertiary/aromatic N) is 1. The number of nitrogens with one attached hydrogen (secondary N) is 1. The van der Waals surface area contributed by atoms with E-state index in [1.165, 1.54) is 6.20 Å². The quantitative estimate of drug-likeness (QED) is 0.640. The maximum atomic E-state index is 13.1. The number of hydrogen-bond acceptors (Lipinski definition) is 4. The van der Waals surface area contributed by atoms with E-state index in [0.29, 0.717) is 10.6 Å². The van der Waals surface area contributed by atoms with Crippen LogP contribution in [0.15, 0.2) is 84.0 Å². The van der Waals surface area contributed by atoms with Crippen LogP contribution in [0.25, 0.3) is 0 Å². The smallest absolute Gasteiger partial charge is 0.224 e. The van der Waals surface area contributed by atoms with Crippen LogP contribution in [-0.4, -0.2) is 25.9 Å². The zero-order valence-electron chi connectivity index (χ0n) is 15.0. The molecule has 0 aliphatic heterocycles. The zero-order valence-corrected chi connectivity index (χ0v) is 16.5. The summed E-state index contributed by atoms with van der Waals surface area (Å²) < 4.78 is 26.3. The van der Waals surface area contributed by atoms with Crippen molar-refractivity contribution in [2.24, 2.45) is 0 Å². The number of carbonyl (C=O) groups excluding carboxylic acids is 1. The molecule has 0 aliphatic carbocycles. The van der Waals surface area contributed by atoms with Gasteiger partial charge in [-0.1, -0.05) is 48.0 Å². The molecule has 0 aliphatic rings. The number of amides is 1. The minimum Gasteiger partial charge on any atom is -0.354 e. The Kier molecular flexibility index (Phi) is 6.44. The van der Waals surface area contributed by atoms with Crippen molar-refractivity contribution in [3.63, 3.8) is 0 Å². The summed E-state index contributed by atoms with van der Waals surface area (Å²) in [4.78, 5) is 16.6. The van der Waals surface area contributed by atoms with Crippen molar-refractivity contribution in [3.05, 3.63) is 95.3 Å². The van der Waals surface area contributed by atoms with Crippen LogP contribution in [0, 0.1) is 0 Å². The van der Waals surface area contributed by atoms with Gasteiger partial charge in [0.05, 0.1) is 11.3 Å². The van der Waals surface area contributed by atoms with Gasteiger partial charge in [0.25, 0.3) is 0 Å². The van der Waals surface area contributed by atoms with Gasteiger partial charge in [-0.05, 0) is 41.5 Å². The van der Waals surface area contributed by atoms with E-state index in [4.69, 9.17) is 11.6 Å². The molecule has 3 rings (SSSR count). The summed E-state index contributed by atoms with van der Waals surface area (Å²) in [6.07, 6.45) is 3.23. The Morgan fingerprint density at radius 1 is 1.00 bits per heavy atom. The van der Waals surface area contributed by atoms with E-state index >= 15 is 0 Å². The van der Waals surface area contributed by atoms with Gasteiger partial charge in [-0.15, -0.1) is 0 Å². The molecule has 5 nitrogen and oxygen atoms in total. The first-order valence-corrected chi connectivity index (χ1v) is 10.6. The largest absolute Gasteiger partial charge is 0.354 e. The standard InChI is InChI=1S/C21H19ClN2O3S/c22-18-10-8-16(9-11-18)13-21(25)24-15-20(17-5-4-12-23-14-17)28(26,27)19-6-2-1-3-7-19/h1-12,14,20H,13,15H2,(H,24,25). The highest BCUT2D eigenvalue weighted by atomic mass is 35.5. The van der Waals surface area contributed by atoms with Crippen LogP contribution in [0.2, 0.25) is 5.02 Å². The molecule has 3 aromatic rings. The third-order valence-electron chi connectivity index (χ3n) is 4.27. The molecule has 0 fully saturated rings. The molecule has 1 aromatic heterocycles. The third-order valence-corrected chi connectivity index (χ3v) is 6.63. The Bertz CT molecular complexity index is 1020. The van der Waals surface area contributed by atoms with Gasteiger partial charge in [0.2, 0.25) is 5.91 Å². The van der Waals surface area contributed by atoms with Crippen LogP contribution < -0.4 is 5.32 Å². The van der Waals surface area contributed by atoms with E-state index in [1.54, 1.807) is 72.9 Å². The fourth-order valence-electron chi connectivity index (χ4n) is 2.80. The van der Waals surface area contributed by atoms with Crippen molar-refractivity contribution in [2.45, 2.75) is 16.6 Å². The van der Waals surface area contributed by atoms with E-state index in [-0.39, 0.29) is 23.8 Å². The first-order chi connectivity index (χ1) is 13.5. The number of pyridine rings is 1. The van der Waals surface area contributed by atoms with Gasteiger partial charge < -0.3 is 5.32 Å². The Morgan fingerprint density at radius 2 is 1.71 bits per heavy atom. The monoisotopic (exact) mass is 414 g/mol. The summed E-state index contributed by atoms with van der Waals surface area (Å²) in [5.74, 6) is -0.264. The van der Waals surface area contributed by atoms with Gasteiger partial charge in [-0.2, -0.15) is 0 Å². The molecule has 0 spiro atoms. The molecule has 144 valence electrons. The number of benzene rings is 2. The minimum absolute atomic E-state index is 0.0463. The third kappa shape index (κ3) is 4.97. The molecule has 1 N–H and O–H groups in total. The summed E-state index contributed by atoms with van der Waals surface area (Å²) in [7, 11) is -3.70. The number of hydrogen-bond donors (Lipinski definition) is 1. The molecule has 1 atom stereocenters. The molecule has 2 aromatic carbocycles. The summed E-state index contributed by atoms with van der Waals surface area (Å²) in [6.45, 7) is -0.0463. The second-order valence-electron chi connectivity index (χ2n) is 6.24. The van der Waals surface area contributed by atoms with E-state index in [2.05, 4.69) is 10.3 Å². The topological polar surface area (TPSA) is 76.1 Å². The first-order valence-electron chi connectivity index (χ1n) is 8.67. The predicted molar refractivity (Wildman–Crippen MR) is 109 cm³/mol. The molecular formula is C21H19ClN2O3S. The fourth-order valence-corrected chi connectivity index (χ4v) is 4.60. The normalized spacial score (nSPS) is 12.3. The van der Waals surface area contributed by atoms with E-state index in [9.17, 15) is 13.2 Å². The van der Waals surface area contributed by atoms with Crippen molar-refractivity contribution < 1.29 is 13.2 Å². The number of sulfone groups is 1. The molecule has 1 heterocycles. The van der Waals surface area contributed by atoms with Gasteiger partial charge in [0.15, 0.2) is 9.84 Å². The fraction of sp³-hybridized carbons (Fsp3) is 0.143. The minimum atomic E-state index is -3.70. The summed E-state index contributed by atoms with van der Waals surface area (Å²) in [5, 5.41) is 2.40. The van der Waals surface area contributed by atoms with Crippen LogP contribution in [-0.2, 0) is 21.1 Å². The number of halogens is 1. The maximum absolute atomic E-state index is 13.1. The van der Waals surface area contributed by atoms with Crippen LogP contribution in [0.3, 0.4) is 0 Å². The van der Waals surface area contributed by atoms with Gasteiger partial charge in [0, 0.05) is 24.0 Å². The first kappa shape index (κ1) is 20.0. The number of carbonyl (C=O) groups is 1. The molecule has 0 bridgehead atoms. The molecule has 1 amide bonds. The SMILES string of the molecule is O=C(Cc1ccc(Cl)cc1)NCC(c1cccnc1)S(=O)(=O)c1ccccc1. The molecule has 7 heteroatoms. The van der Waals surface area contributed by atoms with Gasteiger partial charge in [-0.3, -0.25) is 9.78 Å². The van der Waals surface area contributed by atoms with Crippen molar-refractivity contribution in [1.29, 1.82) is 0 Å². The maximum Gasteiger partial charge on any atom is 0.224 e. The van der Waals surface area contributed by atoms with E-state index in [1.807, 2.05) is 0 Å². The van der Waals surface area contributed by atoms with Crippen molar-refractivity contribution >= 4 is 27.3 Å². The van der Waals surface area contributed by atoms with Crippen LogP contribution >= 0.6 is 11.6 Å². The average Bonchev–Trinajstić information content (AvgIpc) is 2.71. The average molecular weight is 415 g/mol. The Balaban J connectivity index is 1.78. The molecule has 0 saturated carbocycles. The number of rotatable bonds is 7. The molecule has 1 unspecified atom stereocenters. The van der Waals surface area contributed by atoms with E-state index < -0.39 is 15.1 Å². The van der Waals surface area contributed by atoms with Crippen molar-refractivity contribution in [2.75, 3.05) is 6.54 Å². The summed E-state index contributed by atoms with van der Waals surface area (Å²) >= 11 is 5.85. The molecule has 28 heavy (non-hydrogen) atoms. The second-order valence-corrected chi connectivity index (χ2v) is 8.81. The van der Waals surface area contributed by atoms with Gasteiger partial charge in [0.1, 0.15) is 5.25 Å². The summed E-state index contributed by atoms with van der Waals surface area (Å²) in [6, 6.07) is 18.5. The van der Waals surface area contributed by atoms with E-state index in [0.717, 1.165) is 5.56 Å². The highest BCUT2D eigenvalue weighted by Crippen LogP contribution is 2.28.